The SMILES string of the molecule is O=C(c1ccccc1)[C@@H]1C[NH+](Cc2ccccc2)CC[C@@]1(O)c1ccccc1. The molecule has 1 fully saturated rings. The summed E-state index contributed by atoms with van der Waals surface area (Å²) in [4.78, 5) is 14.7. The highest BCUT2D eigenvalue weighted by atomic mass is 16.3. The minimum Gasteiger partial charge on any atom is -0.384 e. The summed E-state index contributed by atoms with van der Waals surface area (Å²) in [6.07, 6.45) is 0.572. The first-order chi connectivity index (χ1) is 13.7. The predicted molar refractivity (Wildman–Crippen MR) is 110 cm³/mol. The van der Waals surface area contributed by atoms with E-state index in [1.165, 1.54) is 10.5 Å². The number of nitrogens with one attached hydrogen (secondary N) is 1. The summed E-state index contributed by atoms with van der Waals surface area (Å²) in [5, 5.41) is 11.7. The van der Waals surface area contributed by atoms with E-state index >= 15 is 0 Å². The van der Waals surface area contributed by atoms with Crippen LogP contribution in [-0.4, -0.2) is 24.0 Å². The lowest BCUT2D eigenvalue weighted by atomic mass is 9.72. The van der Waals surface area contributed by atoms with Crippen molar-refractivity contribution in [3.05, 3.63) is 108 Å². The van der Waals surface area contributed by atoms with Crippen LogP contribution in [0.5, 0.6) is 0 Å². The van der Waals surface area contributed by atoms with Crippen molar-refractivity contribution in [1.29, 1.82) is 0 Å². The van der Waals surface area contributed by atoms with E-state index in [9.17, 15) is 9.90 Å². The molecule has 0 saturated carbocycles. The fourth-order valence-electron chi connectivity index (χ4n) is 4.33. The van der Waals surface area contributed by atoms with Gasteiger partial charge < -0.3 is 10.0 Å². The molecule has 0 radical (unpaired) electrons. The van der Waals surface area contributed by atoms with Gasteiger partial charge in [-0.2, -0.15) is 0 Å². The van der Waals surface area contributed by atoms with Gasteiger partial charge in [-0.25, -0.2) is 0 Å². The Hall–Kier alpha value is -2.75. The molecule has 0 bridgehead atoms. The Balaban J connectivity index is 1.65. The molecule has 3 aromatic rings. The number of quaternary nitrogens is 1. The molecule has 4 rings (SSSR count). The van der Waals surface area contributed by atoms with Crippen molar-refractivity contribution in [1.82, 2.24) is 0 Å². The Morgan fingerprint density at radius 3 is 2.11 bits per heavy atom. The third-order valence-electron chi connectivity index (χ3n) is 5.87. The van der Waals surface area contributed by atoms with Gasteiger partial charge in [0.15, 0.2) is 5.78 Å². The molecule has 3 atom stereocenters. The van der Waals surface area contributed by atoms with Gasteiger partial charge in [0.05, 0.1) is 13.1 Å². The van der Waals surface area contributed by atoms with Crippen LogP contribution in [-0.2, 0) is 12.1 Å². The average molecular weight is 372 g/mol. The van der Waals surface area contributed by atoms with Crippen molar-refractivity contribution in [2.24, 2.45) is 5.92 Å². The summed E-state index contributed by atoms with van der Waals surface area (Å²) in [5.41, 5.74) is 1.63. The van der Waals surface area contributed by atoms with Crippen LogP contribution < -0.4 is 4.90 Å². The van der Waals surface area contributed by atoms with E-state index in [1.807, 2.05) is 78.9 Å². The lowest BCUT2D eigenvalue weighted by molar-refractivity contribution is -0.924. The van der Waals surface area contributed by atoms with Crippen LogP contribution in [0.2, 0.25) is 0 Å². The predicted octanol–water partition coefficient (Wildman–Crippen LogP) is 2.86. The Kier molecular flexibility index (Phi) is 5.38. The molecular formula is C25H26NO2+. The summed E-state index contributed by atoms with van der Waals surface area (Å²) in [5.74, 6) is -0.443. The maximum absolute atomic E-state index is 13.4. The third-order valence-corrected chi connectivity index (χ3v) is 5.87. The smallest absolute Gasteiger partial charge is 0.174 e. The van der Waals surface area contributed by atoms with Gasteiger partial charge in [0.2, 0.25) is 0 Å². The molecule has 1 aliphatic heterocycles. The molecular weight excluding hydrogens is 346 g/mol. The topological polar surface area (TPSA) is 41.7 Å². The van der Waals surface area contributed by atoms with Crippen LogP contribution >= 0.6 is 0 Å². The Labute approximate surface area is 166 Å². The Bertz CT molecular complexity index is 911. The van der Waals surface area contributed by atoms with E-state index in [0.717, 1.165) is 18.7 Å². The van der Waals surface area contributed by atoms with Crippen LogP contribution in [0.15, 0.2) is 91.0 Å². The quantitative estimate of drug-likeness (QED) is 0.677. The normalized spacial score (nSPS) is 24.6. The van der Waals surface area contributed by atoms with Crippen molar-refractivity contribution >= 4 is 5.78 Å². The minimum atomic E-state index is -1.13. The molecule has 0 aromatic heterocycles. The van der Waals surface area contributed by atoms with Gasteiger partial charge >= 0.3 is 0 Å². The number of aliphatic hydroxyl groups is 1. The molecule has 0 spiro atoms. The number of ketones is 1. The molecule has 3 heteroatoms. The number of likely N-dealkylation sites (tertiary alicyclic amines) is 1. The van der Waals surface area contributed by atoms with Crippen LogP contribution in [0.4, 0.5) is 0 Å². The van der Waals surface area contributed by atoms with E-state index in [-0.39, 0.29) is 5.78 Å². The highest BCUT2D eigenvalue weighted by Gasteiger charge is 2.48. The van der Waals surface area contributed by atoms with Crippen LogP contribution in [0, 0.1) is 5.92 Å². The molecule has 1 unspecified atom stereocenters. The number of hydrogen-bond donors (Lipinski definition) is 2. The van der Waals surface area contributed by atoms with Crippen molar-refractivity contribution in [2.75, 3.05) is 13.1 Å². The number of carbonyl (C=O) groups excluding carboxylic acids is 1. The molecule has 3 nitrogen and oxygen atoms in total. The van der Waals surface area contributed by atoms with E-state index in [2.05, 4.69) is 12.1 Å². The third kappa shape index (κ3) is 3.77. The second-order valence-corrected chi connectivity index (χ2v) is 7.69. The summed E-state index contributed by atoms with van der Waals surface area (Å²) in [7, 11) is 0. The average Bonchev–Trinajstić information content (AvgIpc) is 2.77. The summed E-state index contributed by atoms with van der Waals surface area (Å²) < 4.78 is 0. The molecule has 142 valence electrons. The molecule has 28 heavy (non-hydrogen) atoms. The first-order valence-electron chi connectivity index (χ1n) is 9.91. The van der Waals surface area contributed by atoms with Crippen LogP contribution in [0.1, 0.15) is 27.9 Å². The van der Waals surface area contributed by atoms with Gasteiger partial charge in [-0.15, -0.1) is 0 Å². The van der Waals surface area contributed by atoms with Crippen LogP contribution in [0.3, 0.4) is 0 Å². The number of piperidine rings is 1. The molecule has 1 aliphatic rings. The zero-order valence-corrected chi connectivity index (χ0v) is 15.9. The second-order valence-electron chi connectivity index (χ2n) is 7.69. The molecule has 3 aromatic carbocycles. The number of hydrogen-bond acceptors (Lipinski definition) is 2. The van der Waals surface area contributed by atoms with Gasteiger partial charge in [-0.3, -0.25) is 4.79 Å². The molecule has 1 heterocycles. The van der Waals surface area contributed by atoms with Crippen LogP contribution in [0.25, 0.3) is 0 Å². The molecule has 1 saturated heterocycles. The highest BCUT2D eigenvalue weighted by molar-refractivity contribution is 5.98. The van der Waals surface area contributed by atoms with E-state index in [0.29, 0.717) is 18.5 Å². The van der Waals surface area contributed by atoms with E-state index < -0.39 is 11.5 Å². The fraction of sp³-hybridized carbons (Fsp3) is 0.240. The maximum atomic E-state index is 13.4. The highest BCUT2D eigenvalue weighted by Crippen LogP contribution is 2.36. The zero-order chi connectivity index (χ0) is 19.4. The first kappa shape index (κ1) is 18.6. The maximum Gasteiger partial charge on any atom is 0.174 e. The van der Waals surface area contributed by atoms with E-state index in [4.69, 9.17) is 0 Å². The molecule has 0 amide bonds. The Morgan fingerprint density at radius 2 is 1.46 bits per heavy atom. The van der Waals surface area contributed by atoms with Gasteiger partial charge in [0.25, 0.3) is 0 Å². The fourth-order valence-corrected chi connectivity index (χ4v) is 4.33. The van der Waals surface area contributed by atoms with Gasteiger partial charge in [0, 0.05) is 17.5 Å². The van der Waals surface area contributed by atoms with E-state index in [1.54, 1.807) is 0 Å². The minimum absolute atomic E-state index is 0.0252. The Morgan fingerprint density at radius 1 is 0.893 bits per heavy atom. The lowest BCUT2D eigenvalue weighted by Crippen LogP contribution is -3.13. The second kappa shape index (κ2) is 8.09. The van der Waals surface area contributed by atoms with Gasteiger partial charge in [-0.1, -0.05) is 91.0 Å². The zero-order valence-electron chi connectivity index (χ0n) is 15.9. The number of benzene rings is 3. The van der Waals surface area contributed by atoms with Crippen molar-refractivity contribution in [2.45, 2.75) is 18.6 Å². The van der Waals surface area contributed by atoms with Crippen molar-refractivity contribution in [3.63, 3.8) is 0 Å². The number of rotatable bonds is 5. The van der Waals surface area contributed by atoms with Crippen molar-refractivity contribution in [3.8, 4) is 0 Å². The van der Waals surface area contributed by atoms with Crippen molar-refractivity contribution < 1.29 is 14.8 Å². The first-order valence-corrected chi connectivity index (χ1v) is 9.91. The number of Topliss-reactive ketones (excluding diaryl/α,β-unsaturated/α-hetero) is 1. The summed E-state index contributed by atoms with van der Waals surface area (Å²) >= 11 is 0. The monoisotopic (exact) mass is 372 g/mol. The summed E-state index contributed by atoms with van der Waals surface area (Å²) in [6.45, 7) is 2.32. The standard InChI is InChI=1S/C25H25NO2/c27-24(21-12-6-2-7-13-21)23-19-26(18-20-10-4-1-5-11-20)17-16-25(23,28)22-14-8-3-9-15-22/h1-15,23,28H,16-19H2/p+1/t23-,25+/m0/s1. The summed E-state index contributed by atoms with van der Waals surface area (Å²) in [6, 6.07) is 29.4. The molecule has 0 aliphatic carbocycles. The molecule has 2 N–H and O–H groups in total. The lowest BCUT2D eigenvalue weighted by Gasteiger charge is -2.42. The van der Waals surface area contributed by atoms with Gasteiger partial charge in [0.1, 0.15) is 18.1 Å². The number of carbonyl (C=O) groups is 1. The van der Waals surface area contributed by atoms with Gasteiger partial charge in [-0.05, 0) is 5.56 Å². The largest absolute Gasteiger partial charge is 0.384 e.